The molecule has 0 saturated carbocycles. The number of nitrogens with zero attached hydrogens (tertiary/aromatic N) is 3. The van der Waals surface area contributed by atoms with Crippen LogP contribution < -0.4 is 4.74 Å². The minimum Gasteiger partial charge on any atom is -0.497 e. The summed E-state index contributed by atoms with van der Waals surface area (Å²) in [6.07, 6.45) is 0.276. The van der Waals surface area contributed by atoms with Gasteiger partial charge in [0.05, 0.1) is 20.1 Å². The third-order valence-electron chi connectivity index (χ3n) is 5.53. The minimum absolute atomic E-state index is 0.00999. The van der Waals surface area contributed by atoms with E-state index < -0.39 is 0 Å². The van der Waals surface area contributed by atoms with Gasteiger partial charge in [0.15, 0.2) is 0 Å². The van der Waals surface area contributed by atoms with Gasteiger partial charge in [-0.1, -0.05) is 42.0 Å². The van der Waals surface area contributed by atoms with Crippen molar-refractivity contribution in [3.8, 4) is 5.75 Å². The fraction of sp³-hybridized carbons (Fsp3) is 0.417. The molecule has 2 amide bonds. The molecule has 0 aromatic heterocycles. The van der Waals surface area contributed by atoms with Gasteiger partial charge in [0.2, 0.25) is 11.8 Å². The first-order chi connectivity index (χ1) is 14.4. The first kappa shape index (κ1) is 21.8. The number of likely N-dealkylation sites (N-methyl/N-ethyl adjacent to an activating group) is 1. The molecule has 3 rings (SSSR count). The third kappa shape index (κ3) is 6.07. The van der Waals surface area contributed by atoms with E-state index in [1.165, 1.54) is 16.0 Å². The first-order valence-corrected chi connectivity index (χ1v) is 10.4. The van der Waals surface area contributed by atoms with Crippen molar-refractivity contribution >= 4 is 11.8 Å². The van der Waals surface area contributed by atoms with E-state index in [-0.39, 0.29) is 24.8 Å². The van der Waals surface area contributed by atoms with E-state index in [4.69, 9.17) is 4.74 Å². The van der Waals surface area contributed by atoms with Gasteiger partial charge in [0.1, 0.15) is 5.75 Å². The smallest absolute Gasteiger partial charge is 0.242 e. The average Bonchev–Trinajstić information content (AvgIpc) is 2.74. The van der Waals surface area contributed by atoms with Gasteiger partial charge in [-0.05, 0) is 30.2 Å². The number of amides is 2. The van der Waals surface area contributed by atoms with Crippen LogP contribution in [0.5, 0.6) is 5.75 Å². The van der Waals surface area contributed by atoms with Gasteiger partial charge in [-0.3, -0.25) is 14.5 Å². The van der Waals surface area contributed by atoms with Gasteiger partial charge in [0.25, 0.3) is 0 Å². The fourth-order valence-electron chi connectivity index (χ4n) is 3.67. The van der Waals surface area contributed by atoms with Gasteiger partial charge in [0, 0.05) is 39.8 Å². The number of carbonyl (C=O) groups is 2. The molecule has 1 saturated heterocycles. The molecule has 0 spiro atoms. The van der Waals surface area contributed by atoms with Crippen molar-refractivity contribution in [2.24, 2.45) is 0 Å². The molecule has 6 heteroatoms. The highest BCUT2D eigenvalue weighted by Gasteiger charge is 2.23. The van der Waals surface area contributed by atoms with Crippen molar-refractivity contribution in [3.05, 3.63) is 65.2 Å². The lowest BCUT2D eigenvalue weighted by Crippen LogP contribution is -2.51. The Hall–Kier alpha value is -2.86. The number of carbonyl (C=O) groups excluding carboxylic acids is 2. The zero-order valence-corrected chi connectivity index (χ0v) is 18.1. The Kier molecular flexibility index (Phi) is 7.46. The molecule has 0 atom stereocenters. The Morgan fingerprint density at radius 2 is 1.70 bits per heavy atom. The van der Waals surface area contributed by atoms with Crippen LogP contribution in [0.25, 0.3) is 0 Å². The molecule has 2 aromatic carbocycles. The van der Waals surface area contributed by atoms with Crippen LogP contribution in [0.1, 0.15) is 16.7 Å². The summed E-state index contributed by atoms with van der Waals surface area (Å²) in [5, 5.41) is 0. The van der Waals surface area contributed by atoms with Crippen LogP contribution >= 0.6 is 0 Å². The van der Waals surface area contributed by atoms with Gasteiger partial charge in [-0.25, -0.2) is 0 Å². The average molecular weight is 410 g/mol. The van der Waals surface area contributed by atoms with Crippen LogP contribution in [0, 0.1) is 6.92 Å². The van der Waals surface area contributed by atoms with E-state index in [0.717, 1.165) is 30.9 Å². The number of piperazine rings is 1. The molecule has 1 aliphatic heterocycles. The lowest BCUT2D eigenvalue weighted by molar-refractivity contribution is -0.140. The fourth-order valence-corrected chi connectivity index (χ4v) is 3.67. The highest BCUT2D eigenvalue weighted by molar-refractivity contribution is 5.85. The summed E-state index contributed by atoms with van der Waals surface area (Å²) in [7, 11) is 3.31. The second-order valence-electron chi connectivity index (χ2n) is 7.92. The predicted octanol–water partition coefficient (Wildman–Crippen LogP) is 2.35. The quantitative estimate of drug-likeness (QED) is 0.705. The molecular formula is C24H31N3O3. The number of hydrogen-bond acceptors (Lipinski definition) is 4. The summed E-state index contributed by atoms with van der Waals surface area (Å²) >= 11 is 0. The largest absolute Gasteiger partial charge is 0.497 e. The topological polar surface area (TPSA) is 53.1 Å². The third-order valence-corrected chi connectivity index (χ3v) is 5.53. The number of benzene rings is 2. The Labute approximate surface area is 179 Å². The van der Waals surface area contributed by atoms with Crippen molar-refractivity contribution < 1.29 is 14.3 Å². The second-order valence-corrected chi connectivity index (χ2v) is 7.92. The normalized spacial score (nSPS) is 14.4. The highest BCUT2D eigenvalue weighted by atomic mass is 16.5. The molecule has 0 N–H and O–H groups in total. The van der Waals surface area contributed by atoms with E-state index in [1.807, 2.05) is 29.2 Å². The summed E-state index contributed by atoms with van der Waals surface area (Å²) in [4.78, 5) is 30.9. The van der Waals surface area contributed by atoms with Gasteiger partial charge >= 0.3 is 0 Å². The summed E-state index contributed by atoms with van der Waals surface area (Å²) in [6, 6.07) is 16.0. The number of ether oxygens (including phenoxy) is 1. The molecular weight excluding hydrogens is 378 g/mol. The molecule has 0 radical (unpaired) electrons. The molecule has 0 bridgehead atoms. The highest BCUT2D eigenvalue weighted by Crippen LogP contribution is 2.13. The Bertz CT molecular complexity index is 858. The van der Waals surface area contributed by atoms with Crippen molar-refractivity contribution in [3.63, 3.8) is 0 Å². The predicted molar refractivity (Wildman–Crippen MR) is 117 cm³/mol. The second kappa shape index (κ2) is 10.3. The van der Waals surface area contributed by atoms with Gasteiger partial charge in [-0.2, -0.15) is 0 Å². The van der Waals surface area contributed by atoms with Crippen molar-refractivity contribution in [1.82, 2.24) is 14.7 Å². The summed E-state index contributed by atoms with van der Waals surface area (Å²) < 4.78 is 5.14. The zero-order valence-electron chi connectivity index (χ0n) is 18.1. The van der Waals surface area contributed by atoms with Gasteiger partial charge in [-0.15, -0.1) is 0 Å². The molecule has 0 aliphatic carbocycles. The number of methoxy groups -OCH3 is 1. The van der Waals surface area contributed by atoms with Crippen LogP contribution in [-0.2, 0) is 22.6 Å². The molecule has 6 nitrogen and oxygen atoms in total. The molecule has 0 unspecified atom stereocenters. The summed E-state index contributed by atoms with van der Waals surface area (Å²) in [6.45, 7) is 6.23. The van der Waals surface area contributed by atoms with Crippen LogP contribution in [0.4, 0.5) is 0 Å². The maximum absolute atomic E-state index is 12.7. The summed E-state index contributed by atoms with van der Waals surface area (Å²) in [5.41, 5.74) is 3.48. The number of aryl methyl sites for hydroxylation is 1. The minimum atomic E-state index is -0.0633. The summed E-state index contributed by atoms with van der Waals surface area (Å²) in [5.74, 6) is 0.707. The van der Waals surface area contributed by atoms with E-state index >= 15 is 0 Å². The van der Waals surface area contributed by atoms with Crippen molar-refractivity contribution in [2.45, 2.75) is 19.9 Å². The first-order valence-electron chi connectivity index (χ1n) is 10.4. The van der Waals surface area contributed by atoms with Gasteiger partial charge < -0.3 is 14.5 Å². The maximum Gasteiger partial charge on any atom is 0.242 e. The van der Waals surface area contributed by atoms with E-state index in [9.17, 15) is 9.59 Å². The van der Waals surface area contributed by atoms with E-state index in [2.05, 4.69) is 36.1 Å². The number of rotatable bonds is 7. The molecule has 1 heterocycles. The standard InChI is InChI=1S/C24H31N3O3/c1-19-5-4-6-21(15-19)17-26-11-13-27(14-12-26)24(29)18-25(2)23(28)16-20-7-9-22(30-3)10-8-20/h4-10,15H,11-14,16-18H2,1-3H3. The Morgan fingerprint density at radius 1 is 1.00 bits per heavy atom. The number of hydrogen-bond donors (Lipinski definition) is 0. The van der Waals surface area contributed by atoms with E-state index in [1.54, 1.807) is 14.2 Å². The van der Waals surface area contributed by atoms with Crippen LogP contribution in [0.3, 0.4) is 0 Å². The zero-order chi connectivity index (χ0) is 21.5. The Balaban J connectivity index is 1.43. The molecule has 160 valence electrons. The van der Waals surface area contributed by atoms with Crippen LogP contribution in [-0.4, -0.2) is 73.4 Å². The lowest BCUT2D eigenvalue weighted by Gasteiger charge is -2.35. The molecule has 1 aliphatic rings. The van der Waals surface area contributed by atoms with Crippen LogP contribution in [0.15, 0.2) is 48.5 Å². The molecule has 30 heavy (non-hydrogen) atoms. The monoisotopic (exact) mass is 409 g/mol. The van der Waals surface area contributed by atoms with E-state index in [0.29, 0.717) is 13.1 Å². The lowest BCUT2D eigenvalue weighted by atomic mass is 10.1. The van der Waals surface area contributed by atoms with Crippen LogP contribution in [0.2, 0.25) is 0 Å². The van der Waals surface area contributed by atoms with Crippen molar-refractivity contribution in [2.75, 3.05) is 46.9 Å². The molecule has 1 fully saturated rings. The maximum atomic E-state index is 12.7. The Morgan fingerprint density at radius 3 is 2.33 bits per heavy atom. The molecule has 2 aromatic rings. The SMILES string of the molecule is COc1ccc(CC(=O)N(C)CC(=O)N2CCN(Cc3cccc(C)c3)CC2)cc1. The van der Waals surface area contributed by atoms with Crippen molar-refractivity contribution in [1.29, 1.82) is 0 Å².